The van der Waals surface area contributed by atoms with Crippen molar-refractivity contribution in [3.05, 3.63) is 74.8 Å². The zero-order chi connectivity index (χ0) is 23.5. The molecule has 10 heteroatoms. The van der Waals surface area contributed by atoms with Crippen LogP contribution < -0.4 is 4.74 Å². The minimum atomic E-state index is -1.33. The summed E-state index contributed by atoms with van der Waals surface area (Å²) in [6, 6.07) is 10.3. The number of carbonyl (C=O) groups excluding carboxylic acids is 3. The minimum absolute atomic E-state index is 0.0281. The molecule has 1 fully saturated rings. The fourth-order valence-electron chi connectivity index (χ4n) is 2.96. The van der Waals surface area contributed by atoms with E-state index in [2.05, 4.69) is 4.74 Å². The second kappa shape index (κ2) is 8.88. The summed E-state index contributed by atoms with van der Waals surface area (Å²) < 4.78 is 20.4. The van der Waals surface area contributed by atoms with Crippen LogP contribution in [-0.2, 0) is 30.4 Å². The summed E-state index contributed by atoms with van der Waals surface area (Å²) in [6.45, 7) is 2.65. The third kappa shape index (κ3) is 4.91. The summed E-state index contributed by atoms with van der Waals surface area (Å²) in [4.78, 5) is 46.8. The molecule has 0 atom stereocenters. The Bertz CT molecular complexity index is 1090. The standard InChI is InChI=1S/C22H19NO9/c1-22(2)31-20(25)16(21(26)32-22)11-13-7-9-14(10-8-13)30-12-17-15(19(24)29-3)5-4-6-18(17)23(27)28/h4-11H,12H2,1-3H3. The van der Waals surface area contributed by atoms with E-state index < -0.39 is 28.6 Å². The normalized spacial score (nSPS) is 14.8. The molecular formula is C22H19NO9. The molecule has 0 bridgehead atoms. The van der Waals surface area contributed by atoms with Crippen LogP contribution in [0.15, 0.2) is 48.0 Å². The van der Waals surface area contributed by atoms with Gasteiger partial charge < -0.3 is 18.9 Å². The fourth-order valence-corrected chi connectivity index (χ4v) is 2.96. The van der Waals surface area contributed by atoms with Crippen molar-refractivity contribution in [3.8, 4) is 5.75 Å². The number of hydrogen-bond acceptors (Lipinski definition) is 9. The van der Waals surface area contributed by atoms with Gasteiger partial charge in [0.2, 0.25) is 0 Å². The van der Waals surface area contributed by atoms with Crippen molar-refractivity contribution >= 4 is 29.7 Å². The van der Waals surface area contributed by atoms with Gasteiger partial charge in [0.25, 0.3) is 11.5 Å². The summed E-state index contributed by atoms with van der Waals surface area (Å²) in [5.41, 5.74) is 0.0835. The van der Waals surface area contributed by atoms with Crippen LogP contribution in [0.5, 0.6) is 5.75 Å². The molecule has 0 saturated carbocycles. The Morgan fingerprint density at radius 2 is 1.72 bits per heavy atom. The number of nitrogens with zero attached hydrogens (tertiary/aromatic N) is 1. The molecule has 0 aliphatic carbocycles. The van der Waals surface area contributed by atoms with Crippen LogP contribution >= 0.6 is 0 Å². The van der Waals surface area contributed by atoms with Crippen molar-refractivity contribution in [2.24, 2.45) is 0 Å². The first-order valence-electron chi connectivity index (χ1n) is 9.37. The monoisotopic (exact) mass is 441 g/mol. The predicted octanol–water partition coefficient (Wildman–Crippen LogP) is 3.18. The Morgan fingerprint density at radius 1 is 1.09 bits per heavy atom. The van der Waals surface area contributed by atoms with Crippen molar-refractivity contribution in [1.82, 2.24) is 0 Å². The van der Waals surface area contributed by atoms with Gasteiger partial charge in [-0.05, 0) is 29.8 Å². The summed E-state index contributed by atoms with van der Waals surface area (Å²) in [6.07, 6.45) is 1.32. The lowest BCUT2D eigenvalue weighted by Crippen LogP contribution is -2.41. The average molecular weight is 441 g/mol. The van der Waals surface area contributed by atoms with E-state index in [1.807, 2.05) is 0 Å². The Morgan fingerprint density at radius 3 is 2.28 bits per heavy atom. The first kappa shape index (κ1) is 22.5. The third-order valence-corrected chi connectivity index (χ3v) is 4.44. The number of ether oxygens (including phenoxy) is 4. The van der Waals surface area contributed by atoms with Crippen LogP contribution in [0.25, 0.3) is 6.08 Å². The van der Waals surface area contributed by atoms with Crippen molar-refractivity contribution in [3.63, 3.8) is 0 Å². The molecule has 32 heavy (non-hydrogen) atoms. The number of nitro benzene ring substituents is 1. The molecule has 2 aromatic carbocycles. The van der Waals surface area contributed by atoms with Crippen LogP contribution in [0.2, 0.25) is 0 Å². The summed E-state index contributed by atoms with van der Waals surface area (Å²) in [5, 5.41) is 11.3. The van der Waals surface area contributed by atoms with Gasteiger partial charge in [0.15, 0.2) is 0 Å². The second-order valence-electron chi connectivity index (χ2n) is 7.15. The molecule has 0 amide bonds. The molecule has 10 nitrogen and oxygen atoms in total. The van der Waals surface area contributed by atoms with Crippen LogP contribution in [0.4, 0.5) is 5.69 Å². The summed E-state index contributed by atoms with van der Waals surface area (Å²) in [7, 11) is 1.18. The number of methoxy groups -OCH3 is 1. The number of cyclic esters (lactones) is 2. The van der Waals surface area contributed by atoms with E-state index in [0.717, 1.165) is 0 Å². The van der Waals surface area contributed by atoms with E-state index in [4.69, 9.17) is 14.2 Å². The number of esters is 3. The number of hydrogen-bond donors (Lipinski definition) is 0. The largest absolute Gasteiger partial charge is 0.489 e. The van der Waals surface area contributed by atoms with E-state index >= 15 is 0 Å². The molecule has 0 N–H and O–H groups in total. The lowest BCUT2D eigenvalue weighted by Gasteiger charge is -2.29. The molecule has 166 valence electrons. The van der Waals surface area contributed by atoms with Gasteiger partial charge in [-0.15, -0.1) is 0 Å². The third-order valence-electron chi connectivity index (χ3n) is 4.44. The predicted molar refractivity (Wildman–Crippen MR) is 109 cm³/mol. The molecule has 0 aromatic heterocycles. The maximum Gasteiger partial charge on any atom is 0.348 e. The van der Waals surface area contributed by atoms with E-state index in [-0.39, 0.29) is 29.0 Å². The van der Waals surface area contributed by atoms with Crippen molar-refractivity contribution in [1.29, 1.82) is 0 Å². The van der Waals surface area contributed by atoms with Gasteiger partial charge in [-0.3, -0.25) is 10.1 Å². The van der Waals surface area contributed by atoms with Crippen LogP contribution in [0, 0.1) is 10.1 Å². The molecule has 1 saturated heterocycles. The first-order chi connectivity index (χ1) is 15.1. The smallest absolute Gasteiger partial charge is 0.348 e. The molecule has 0 radical (unpaired) electrons. The topological polar surface area (TPSA) is 131 Å². The number of carbonyl (C=O) groups is 3. The minimum Gasteiger partial charge on any atom is -0.489 e. The van der Waals surface area contributed by atoms with Gasteiger partial charge in [0.05, 0.1) is 23.2 Å². The SMILES string of the molecule is COC(=O)c1cccc([N+](=O)[O-])c1COc1ccc(C=C2C(=O)OC(C)(C)OC2=O)cc1. The zero-order valence-corrected chi connectivity index (χ0v) is 17.4. The zero-order valence-electron chi connectivity index (χ0n) is 17.4. The van der Waals surface area contributed by atoms with Crippen LogP contribution in [-0.4, -0.2) is 35.7 Å². The lowest BCUT2D eigenvalue weighted by molar-refractivity contribution is -0.385. The van der Waals surface area contributed by atoms with Crippen molar-refractivity contribution in [2.75, 3.05) is 7.11 Å². The van der Waals surface area contributed by atoms with Crippen LogP contribution in [0.3, 0.4) is 0 Å². The highest BCUT2D eigenvalue weighted by atomic mass is 16.7. The van der Waals surface area contributed by atoms with E-state index in [9.17, 15) is 24.5 Å². The molecule has 0 unspecified atom stereocenters. The van der Waals surface area contributed by atoms with Gasteiger partial charge in [-0.2, -0.15) is 0 Å². The molecule has 1 aliphatic rings. The Balaban J connectivity index is 1.78. The second-order valence-corrected chi connectivity index (χ2v) is 7.15. The van der Waals surface area contributed by atoms with Gasteiger partial charge >= 0.3 is 17.9 Å². The Hall–Kier alpha value is -4.21. The number of rotatable bonds is 6. The van der Waals surface area contributed by atoms with Crippen molar-refractivity contribution in [2.45, 2.75) is 26.2 Å². The number of benzene rings is 2. The van der Waals surface area contributed by atoms with Crippen LogP contribution in [0.1, 0.15) is 35.3 Å². The molecule has 1 heterocycles. The maximum atomic E-state index is 12.0. The van der Waals surface area contributed by atoms with Gasteiger partial charge in [0.1, 0.15) is 17.9 Å². The number of nitro groups is 1. The molecule has 1 aliphatic heterocycles. The highest BCUT2D eigenvalue weighted by Gasteiger charge is 2.38. The summed E-state index contributed by atoms with van der Waals surface area (Å²) >= 11 is 0. The van der Waals surface area contributed by atoms with Gasteiger partial charge in [0, 0.05) is 19.9 Å². The molecule has 0 spiro atoms. The quantitative estimate of drug-likeness (QED) is 0.218. The molecule has 2 aromatic rings. The summed E-state index contributed by atoms with van der Waals surface area (Å²) in [5.74, 6) is -3.29. The van der Waals surface area contributed by atoms with Gasteiger partial charge in [-0.1, -0.05) is 18.2 Å². The Labute approximate surface area is 182 Å². The molecular weight excluding hydrogens is 422 g/mol. The van der Waals surface area contributed by atoms with Crippen molar-refractivity contribution < 1.29 is 38.3 Å². The highest BCUT2D eigenvalue weighted by molar-refractivity contribution is 6.18. The van der Waals surface area contributed by atoms with Gasteiger partial charge in [-0.25, -0.2) is 14.4 Å². The fraction of sp³-hybridized carbons (Fsp3) is 0.227. The Kier molecular flexibility index (Phi) is 6.24. The van der Waals surface area contributed by atoms with E-state index in [1.54, 1.807) is 24.3 Å². The maximum absolute atomic E-state index is 12.0. The lowest BCUT2D eigenvalue weighted by atomic mass is 10.1. The van der Waals surface area contributed by atoms with E-state index in [1.165, 1.54) is 45.2 Å². The average Bonchev–Trinajstić information content (AvgIpc) is 2.74. The first-order valence-corrected chi connectivity index (χ1v) is 9.37. The molecule has 3 rings (SSSR count). The van der Waals surface area contributed by atoms with E-state index in [0.29, 0.717) is 11.3 Å². The highest BCUT2D eigenvalue weighted by Crippen LogP contribution is 2.27.